The fourth-order valence-electron chi connectivity index (χ4n) is 3.35. The Labute approximate surface area is 166 Å². The second kappa shape index (κ2) is 9.97. The zero-order valence-corrected chi connectivity index (χ0v) is 16.1. The van der Waals surface area contributed by atoms with E-state index in [1.54, 1.807) is 12.1 Å². The van der Waals surface area contributed by atoms with Crippen molar-refractivity contribution in [3.05, 3.63) is 65.7 Å². The first-order valence-electron chi connectivity index (χ1n) is 9.10. The van der Waals surface area contributed by atoms with Crippen LogP contribution in [0, 0.1) is 0 Å². The van der Waals surface area contributed by atoms with Gasteiger partial charge in [-0.2, -0.15) is 0 Å². The Morgan fingerprint density at radius 2 is 1.74 bits per heavy atom. The van der Waals surface area contributed by atoms with E-state index < -0.39 is 0 Å². The van der Waals surface area contributed by atoms with Crippen LogP contribution in [0.3, 0.4) is 0 Å². The number of anilines is 1. The van der Waals surface area contributed by atoms with Gasteiger partial charge in [-0.3, -0.25) is 9.59 Å². The molecule has 3 N–H and O–H groups in total. The van der Waals surface area contributed by atoms with Gasteiger partial charge < -0.3 is 16.0 Å². The highest BCUT2D eigenvalue weighted by Crippen LogP contribution is 2.18. The van der Waals surface area contributed by atoms with E-state index in [1.165, 1.54) is 0 Å². The maximum atomic E-state index is 12.8. The fourth-order valence-corrected chi connectivity index (χ4v) is 3.35. The Morgan fingerprint density at radius 1 is 1.04 bits per heavy atom. The molecule has 0 aliphatic carbocycles. The highest BCUT2D eigenvalue weighted by molar-refractivity contribution is 5.94. The molecule has 0 saturated carbocycles. The predicted molar refractivity (Wildman–Crippen MR) is 110 cm³/mol. The van der Waals surface area contributed by atoms with Crippen molar-refractivity contribution in [3.63, 3.8) is 0 Å². The summed E-state index contributed by atoms with van der Waals surface area (Å²) >= 11 is 0. The third-order valence-corrected chi connectivity index (χ3v) is 4.82. The molecular formula is C21H26ClN3O2. The smallest absolute Gasteiger partial charge is 0.251 e. The number of nitrogen functional groups attached to an aromatic ring is 1. The molecule has 3 rings (SSSR count). The molecule has 1 saturated heterocycles. The zero-order chi connectivity index (χ0) is 18.4. The van der Waals surface area contributed by atoms with Crippen molar-refractivity contribution >= 4 is 29.9 Å². The molecule has 1 aliphatic rings. The number of amides is 2. The molecule has 5 nitrogen and oxygen atoms in total. The molecular weight excluding hydrogens is 362 g/mol. The van der Waals surface area contributed by atoms with Crippen molar-refractivity contribution < 1.29 is 9.59 Å². The van der Waals surface area contributed by atoms with E-state index in [-0.39, 0.29) is 30.3 Å². The van der Waals surface area contributed by atoms with Crippen LogP contribution in [-0.2, 0) is 11.2 Å². The maximum absolute atomic E-state index is 12.8. The Hall–Kier alpha value is -2.53. The Bertz CT molecular complexity index is 750. The monoisotopic (exact) mass is 387 g/mol. The molecule has 1 aliphatic heterocycles. The summed E-state index contributed by atoms with van der Waals surface area (Å²) in [5.74, 6) is 0.00976. The van der Waals surface area contributed by atoms with Gasteiger partial charge in [0, 0.05) is 30.4 Å². The van der Waals surface area contributed by atoms with E-state index in [2.05, 4.69) is 5.32 Å². The van der Waals surface area contributed by atoms with Crippen molar-refractivity contribution in [2.24, 2.45) is 0 Å². The predicted octanol–water partition coefficient (Wildman–Crippen LogP) is 3.04. The highest BCUT2D eigenvalue weighted by atomic mass is 35.5. The molecule has 2 amide bonds. The standard InChI is InChI=1S/C21H25N3O2.ClH/c22-18-11-9-16(10-12-18)14-20(25)24-13-5-4-8-19(24)15-23-21(26)17-6-2-1-3-7-17;/h1-3,6-7,9-12,19H,4-5,8,13-15,22H2,(H,23,26);1H. The normalized spacial score (nSPS) is 16.3. The molecule has 1 heterocycles. The largest absolute Gasteiger partial charge is 0.399 e. The molecule has 1 fully saturated rings. The number of nitrogens with two attached hydrogens (primary N) is 1. The second-order valence-electron chi connectivity index (χ2n) is 6.73. The van der Waals surface area contributed by atoms with E-state index in [4.69, 9.17) is 5.73 Å². The van der Waals surface area contributed by atoms with Crippen LogP contribution in [0.25, 0.3) is 0 Å². The van der Waals surface area contributed by atoms with Crippen LogP contribution in [-0.4, -0.2) is 35.8 Å². The van der Waals surface area contributed by atoms with Crippen LogP contribution < -0.4 is 11.1 Å². The molecule has 6 heteroatoms. The van der Waals surface area contributed by atoms with Gasteiger partial charge in [-0.05, 0) is 49.1 Å². The summed E-state index contributed by atoms with van der Waals surface area (Å²) in [6, 6.07) is 16.6. The number of halogens is 1. The van der Waals surface area contributed by atoms with Gasteiger partial charge in [0.05, 0.1) is 6.42 Å². The SMILES string of the molecule is Cl.Nc1ccc(CC(=O)N2CCCCC2CNC(=O)c2ccccc2)cc1. The van der Waals surface area contributed by atoms with Gasteiger partial charge in [-0.1, -0.05) is 30.3 Å². The average molecular weight is 388 g/mol. The number of likely N-dealkylation sites (tertiary alicyclic amines) is 1. The minimum absolute atomic E-state index is 0. The van der Waals surface area contributed by atoms with Gasteiger partial charge in [0.15, 0.2) is 0 Å². The van der Waals surface area contributed by atoms with E-state index in [9.17, 15) is 9.59 Å². The van der Waals surface area contributed by atoms with Gasteiger partial charge in [0.1, 0.15) is 0 Å². The minimum atomic E-state index is -0.0953. The first kappa shape index (κ1) is 20.8. The number of hydrogen-bond donors (Lipinski definition) is 2. The van der Waals surface area contributed by atoms with Crippen molar-refractivity contribution in [1.82, 2.24) is 10.2 Å². The van der Waals surface area contributed by atoms with Gasteiger partial charge in [0.25, 0.3) is 5.91 Å². The molecule has 1 unspecified atom stereocenters. The molecule has 0 radical (unpaired) electrons. The van der Waals surface area contributed by atoms with Crippen molar-refractivity contribution in [1.29, 1.82) is 0 Å². The summed E-state index contributed by atoms with van der Waals surface area (Å²) < 4.78 is 0. The van der Waals surface area contributed by atoms with E-state index in [0.29, 0.717) is 24.2 Å². The lowest BCUT2D eigenvalue weighted by Gasteiger charge is -2.36. The van der Waals surface area contributed by atoms with Crippen LogP contribution in [0.4, 0.5) is 5.69 Å². The number of piperidine rings is 1. The quantitative estimate of drug-likeness (QED) is 0.774. The van der Waals surface area contributed by atoms with Gasteiger partial charge in [-0.25, -0.2) is 0 Å². The van der Waals surface area contributed by atoms with Gasteiger partial charge in [-0.15, -0.1) is 12.4 Å². The van der Waals surface area contributed by atoms with E-state index >= 15 is 0 Å². The van der Waals surface area contributed by atoms with Crippen LogP contribution >= 0.6 is 12.4 Å². The van der Waals surface area contributed by atoms with E-state index in [0.717, 1.165) is 31.4 Å². The molecule has 2 aromatic rings. The molecule has 1 atom stereocenters. The van der Waals surface area contributed by atoms with Crippen molar-refractivity contribution in [2.45, 2.75) is 31.7 Å². The molecule has 0 spiro atoms. The number of carbonyl (C=O) groups is 2. The van der Waals surface area contributed by atoms with Crippen molar-refractivity contribution in [3.8, 4) is 0 Å². The molecule has 0 aromatic heterocycles. The third-order valence-electron chi connectivity index (χ3n) is 4.82. The van der Waals surface area contributed by atoms with Gasteiger partial charge in [0.2, 0.25) is 5.91 Å². The lowest BCUT2D eigenvalue weighted by atomic mass is 10.0. The van der Waals surface area contributed by atoms with Crippen LogP contribution in [0.15, 0.2) is 54.6 Å². The first-order valence-corrected chi connectivity index (χ1v) is 9.10. The number of benzene rings is 2. The number of hydrogen-bond acceptors (Lipinski definition) is 3. The van der Waals surface area contributed by atoms with Crippen molar-refractivity contribution in [2.75, 3.05) is 18.8 Å². The number of nitrogens with one attached hydrogen (secondary N) is 1. The number of nitrogens with zero attached hydrogens (tertiary/aromatic N) is 1. The second-order valence-corrected chi connectivity index (χ2v) is 6.73. The van der Waals surface area contributed by atoms with Gasteiger partial charge >= 0.3 is 0 Å². The average Bonchev–Trinajstić information content (AvgIpc) is 2.68. The van der Waals surface area contributed by atoms with Crippen LogP contribution in [0.1, 0.15) is 35.2 Å². The summed E-state index contributed by atoms with van der Waals surface area (Å²) in [4.78, 5) is 26.9. The molecule has 0 bridgehead atoms. The fraction of sp³-hybridized carbons (Fsp3) is 0.333. The summed E-state index contributed by atoms with van der Waals surface area (Å²) in [6.07, 6.45) is 3.38. The molecule has 144 valence electrons. The Balaban J connectivity index is 0.00000261. The Morgan fingerprint density at radius 3 is 2.44 bits per heavy atom. The van der Waals surface area contributed by atoms with Crippen LogP contribution in [0.5, 0.6) is 0 Å². The summed E-state index contributed by atoms with van der Waals surface area (Å²) in [7, 11) is 0. The number of rotatable bonds is 5. The summed E-state index contributed by atoms with van der Waals surface area (Å²) in [5, 5.41) is 2.98. The number of carbonyl (C=O) groups excluding carboxylic acids is 2. The summed E-state index contributed by atoms with van der Waals surface area (Å²) in [5.41, 5.74) is 8.00. The van der Waals surface area contributed by atoms with Crippen LogP contribution in [0.2, 0.25) is 0 Å². The highest BCUT2D eigenvalue weighted by Gasteiger charge is 2.27. The maximum Gasteiger partial charge on any atom is 0.251 e. The zero-order valence-electron chi connectivity index (χ0n) is 15.3. The first-order chi connectivity index (χ1) is 12.6. The Kier molecular flexibility index (Phi) is 7.67. The van der Waals surface area contributed by atoms with E-state index in [1.807, 2.05) is 47.4 Å². The third kappa shape index (κ3) is 5.73. The summed E-state index contributed by atoms with van der Waals surface area (Å²) in [6.45, 7) is 1.24. The topological polar surface area (TPSA) is 75.4 Å². The minimum Gasteiger partial charge on any atom is -0.399 e. The molecule has 27 heavy (non-hydrogen) atoms. The molecule has 2 aromatic carbocycles. The lowest BCUT2D eigenvalue weighted by molar-refractivity contribution is -0.134. The lowest BCUT2D eigenvalue weighted by Crippen LogP contribution is -2.49.